The average molecular weight is 330 g/mol. The Bertz CT molecular complexity index is 898. The third-order valence-electron chi connectivity index (χ3n) is 3.87. The van der Waals surface area contributed by atoms with Crippen molar-refractivity contribution in [3.8, 4) is 11.3 Å². The van der Waals surface area contributed by atoms with Crippen LogP contribution in [-0.2, 0) is 0 Å². The van der Waals surface area contributed by atoms with Gasteiger partial charge < -0.3 is 0 Å². The van der Waals surface area contributed by atoms with Gasteiger partial charge in [0.05, 0.1) is 5.69 Å². The molecule has 3 aromatic rings. The van der Waals surface area contributed by atoms with E-state index in [4.69, 9.17) is 5.21 Å². The van der Waals surface area contributed by atoms with E-state index < -0.39 is 5.91 Å². The second kappa shape index (κ2) is 7.55. The minimum absolute atomic E-state index is 0.408. The van der Waals surface area contributed by atoms with E-state index in [1.807, 2.05) is 36.4 Å². The molecule has 0 spiro atoms. The molecule has 4 nitrogen and oxygen atoms in total. The van der Waals surface area contributed by atoms with E-state index in [2.05, 4.69) is 36.2 Å². The van der Waals surface area contributed by atoms with Crippen LogP contribution in [0.4, 0.5) is 0 Å². The van der Waals surface area contributed by atoms with Crippen molar-refractivity contribution in [3.63, 3.8) is 0 Å². The molecule has 124 valence electrons. The third-order valence-corrected chi connectivity index (χ3v) is 3.87. The molecule has 3 rings (SSSR count). The summed E-state index contributed by atoms with van der Waals surface area (Å²) in [6.07, 6.45) is 5.76. The van der Waals surface area contributed by atoms with Crippen molar-refractivity contribution in [2.24, 2.45) is 0 Å². The molecule has 0 aliphatic rings. The maximum atomic E-state index is 11.3. The lowest BCUT2D eigenvalue weighted by Crippen LogP contribution is -2.18. The summed E-state index contributed by atoms with van der Waals surface area (Å²) in [6.45, 7) is 2.06. The Morgan fingerprint density at radius 2 is 1.64 bits per heavy atom. The standard InChI is InChI=1S/C21H18N2O2/c1-15-2-8-18(9-3-15)20-14-17(12-13-22-20)5-4-16-6-10-19(11-7-16)21(24)23-25/h2-14,25H,1H3,(H,23,24)/b5-4+. The fourth-order valence-corrected chi connectivity index (χ4v) is 2.44. The predicted molar refractivity (Wildman–Crippen MR) is 99.0 cm³/mol. The van der Waals surface area contributed by atoms with Gasteiger partial charge >= 0.3 is 0 Å². The number of nitrogens with one attached hydrogen (secondary N) is 1. The van der Waals surface area contributed by atoms with Crippen LogP contribution in [0.5, 0.6) is 0 Å². The Labute approximate surface area is 146 Å². The molecular weight excluding hydrogens is 312 g/mol. The molecule has 2 N–H and O–H groups in total. The van der Waals surface area contributed by atoms with Crippen LogP contribution in [0.1, 0.15) is 27.0 Å². The third kappa shape index (κ3) is 4.19. The van der Waals surface area contributed by atoms with Crippen LogP contribution in [0.3, 0.4) is 0 Å². The topological polar surface area (TPSA) is 62.2 Å². The minimum Gasteiger partial charge on any atom is -0.288 e. The van der Waals surface area contributed by atoms with E-state index >= 15 is 0 Å². The molecule has 25 heavy (non-hydrogen) atoms. The van der Waals surface area contributed by atoms with Crippen molar-refractivity contribution < 1.29 is 10.0 Å². The highest BCUT2D eigenvalue weighted by atomic mass is 16.5. The van der Waals surface area contributed by atoms with Crippen molar-refractivity contribution in [3.05, 3.63) is 89.1 Å². The van der Waals surface area contributed by atoms with Crippen LogP contribution in [-0.4, -0.2) is 16.1 Å². The van der Waals surface area contributed by atoms with Gasteiger partial charge in [0.15, 0.2) is 0 Å². The average Bonchev–Trinajstić information content (AvgIpc) is 2.67. The zero-order valence-corrected chi connectivity index (χ0v) is 13.8. The van der Waals surface area contributed by atoms with Gasteiger partial charge in [-0.05, 0) is 42.3 Å². The number of benzene rings is 2. The summed E-state index contributed by atoms with van der Waals surface area (Å²) in [5.74, 6) is -0.521. The number of pyridine rings is 1. The van der Waals surface area contributed by atoms with Gasteiger partial charge in [-0.2, -0.15) is 0 Å². The smallest absolute Gasteiger partial charge is 0.274 e. The zero-order valence-electron chi connectivity index (χ0n) is 13.8. The molecular formula is C21H18N2O2. The number of amides is 1. The zero-order chi connectivity index (χ0) is 17.6. The predicted octanol–water partition coefficient (Wildman–Crippen LogP) is 4.35. The maximum Gasteiger partial charge on any atom is 0.274 e. The summed E-state index contributed by atoms with van der Waals surface area (Å²) in [5, 5.41) is 8.63. The van der Waals surface area contributed by atoms with Gasteiger partial charge in [0.25, 0.3) is 5.91 Å². The summed E-state index contributed by atoms with van der Waals surface area (Å²) in [7, 11) is 0. The van der Waals surface area contributed by atoms with E-state index in [1.54, 1.807) is 23.8 Å². The molecule has 0 fully saturated rings. The first kappa shape index (κ1) is 16.6. The Morgan fingerprint density at radius 3 is 2.32 bits per heavy atom. The highest BCUT2D eigenvalue weighted by Crippen LogP contribution is 2.19. The van der Waals surface area contributed by atoms with Crippen LogP contribution < -0.4 is 5.48 Å². The van der Waals surface area contributed by atoms with Gasteiger partial charge in [0, 0.05) is 17.3 Å². The molecule has 0 bridgehead atoms. The first-order valence-electron chi connectivity index (χ1n) is 7.91. The maximum absolute atomic E-state index is 11.3. The van der Waals surface area contributed by atoms with Gasteiger partial charge in [-0.15, -0.1) is 0 Å². The Morgan fingerprint density at radius 1 is 0.960 bits per heavy atom. The molecule has 1 amide bonds. The van der Waals surface area contributed by atoms with Crippen molar-refractivity contribution in [1.29, 1.82) is 0 Å². The molecule has 0 radical (unpaired) electrons. The van der Waals surface area contributed by atoms with Gasteiger partial charge in [0.1, 0.15) is 0 Å². The Balaban J connectivity index is 1.78. The van der Waals surface area contributed by atoms with Crippen LogP contribution >= 0.6 is 0 Å². The summed E-state index contributed by atoms with van der Waals surface area (Å²) < 4.78 is 0. The molecule has 0 aliphatic heterocycles. The number of hydroxylamine groups is 1. The fraction of sp³-hybridized carbons (Fsp3) is 0.0476. The number of aryl methyl sites for hydroxylation is 1. The fourth-order valence-electron chi connectivity index (χ4n) is 2.44. The van der Waals surface area contributed by atoms with E-state index in [0.29, 0.717) is 5.56 Å². The van der Waals surface area contributed by atoms with E-state index in [1.165, 1.54) is 5.56 Å². The molecule has 4 heteroatoms. The second-order valence-corrected chi connectivity index (χ2v) is 5.74. The first-order chi connectivity index (χ1) is 12.2. The Hall–Kier alpha value is -3.24. The molecule has 2 aromatic carbocycles. The van der Waals surface area contributed by atoms with Crippen molar-refractivity contribution >= 4 is 18.1 Å². The SMILES string of the molecule is Cc1ccc(-c2cc(/C=C/c3ccc(C(=O)NO)cc3)ccn2)cc1. The molecule has 1 aromatic heterocycles. The molecule has 0 aliphatic carbocycles. The van der Waals surface area contributed by atoms with Gasteiger partial charge in [-0.3, -0.25) is 15.0 Å². The summed E-state index contributed by atoms with van der Waals surface area (Å²) in [6, 6.07) is 19.2. The van der Waals surface area contributed by atoms with Gasteiger partial charge in [-0.25, -0.2) is 5.48 Å². The lowest BCUT2D eigenvalue weighted by atomic mass is 10.1. The summed E-state index contributed by atoms with van der Waals surface area (Å²) in [5.41, 5.74) is 7.26. The quantitative estimate of drug-likeness (QED) is 0.552. The van der Waals surface area contributed by atoms with Crippen LogP contribution in [0.25, 0.3) is 23.4 Å². The second-order valence-electron chi connectivity index (χ2n) is 5.74. The van der Waals surface area contributed by atoms with Crippen molar-refractivity contribution in [2.45, 2.75) is 6.92 Å². The lowest BCUT2D eigenvalue weighted by Gasteiger charge is -2.03. The summed E-state index contributed by atoms with van der Waals surface area (Å²) in [4.78, 5) is 15.7. The highest BCUT2D eigenvalue weighted by Gasteiger charge is 2.02. The summed E-state index contributed by atoms with van der Waals surface area (Å²) >= 11 is 0. The Kier molecular flexibility index (Phi) is 5.02. The number of hydrogen-bond acceptors (Lipinski definition) is 3. The first-order valence-corrected chi connectivity index (χ1v) is 7.91. The monoisotopic (exact) mass is 330 g/mol. The van der Waals surface area contributed by atoms with E-state index in [9.17, 15) is 4.79 Å². The minimum atomic E-state index is -0.521. The number of aromatic nitrogens is 1. The number of rotatable bonds is 4. The number of carbonyl (C=O) groups is 1. The van der Waals surface area contributed by atoms with Crippen LogP contribution in [0.2, 0.25) is 0 Å². The highest BCUT2D eigenvalue weighted by molar-refractivity contribution is 5.93. The number of hydrogen-bond donors (Lipinski definition) is 2. The number of nitrogens with zero attached hydrogens (tertiary/aromatic N) is 1. The number of carbonyl (C=O) groups excluding carboxylic acids is 1. The van der Waals surface area contributed by atoms with Gasteiger partial charge in [0.2, 0.25) is 0 Å². The largest absolute Gasteiger partial charge is 0.288 e. The van der Waals surface area contributed by atoms with Crippen LogP contribution in [0, 0.1) is 6.92 Å². The molecule has 0 saturated heterocycles. The molecule has 1 heterocycles. The van der Waals surface area contributed by atoms with Crippen molar-refractivity contribution in [1.82, 2.24) is 10.5 Å². The van der Waals surface area contributed by atoms with E-state index in [0.717, 1.165) is 22.4 Å². The molecule has 0 unspecified atom stereocenters. The normalized spacial score (nSPS) is 10.8. The molecule has 0 atom stereocenters. The van der Waals surface area contributed by atoms with Gasteiger partial charge in [-0.1, -0.05) is 54.1 Å². The van der Waals surface area contributed by atoms with Crippen molar-refractivity contribution in [2.75, 3.05) is 0 Å². The van der Waals surface area contributed by atoms with E-state index in [-0.39, 0.29) is 0 Å². The lowest BCUT2D eigenvalue weighted by molar-refractivity contribution is 0.0706. The van der Waals surface area contributed by atoms with Crippen LogP contribution in [0.15, 0.2) is 66.9 Å². The molecule has 0 saturated carbocycles.